The van der Waals surface area contributed by atoms with Crippen molar-refractivity contribution in [3.63, 3.8) is 0 Å². The van der Waals surface area contributed by atoms with Gasteiger partial charge in [0, 0.05) is 6.54 Å². The third kappa shape index (κ3) is 4.59. The van der Waals surface area contributed by atoms with Crippen LogP contribution in [0.4, 0.5) is 0 Å². The van der Waals surface area contributed by atoms with E-state index in [1.165, 1.54) is 6.08 Å². The van der Waals surface area contributed by atoms with Crippen molar-refractivity contribution in [1.82, 2.24) is 5.32 Å². The fourth-order valence-corrected chi connectivity index (χ4v) is 0.894. The largest absolute Gasteiger partial charge is 0.352 e. The maximum Gasteiger partial charge on any atom is 0.243 e. The Morgan fingerprint density at radius 1 is 1.55 bits per heavy atom. The summed E-state index contributed by atoms with van der Waals surface area (Å²) in [5, 5.41) is 2.78. The molecule has 1 amide bonds. The lowest BCUT2D eigenvalue weighted by Crippen LogP contribution is -2.26. The molecule has 0 fully saturated rings. The number of hydrogen-bond acceptors (Lipinski definition) is 1. The SMILES string of the molecule is C=CC(=O)NCC(CC)CC. The van der Waals surface area contributed by atoms with E-state index in [2.05, 4.69) is 25.7 Å². The first-order valence-corrected chi connectivity index (χ1v) is 4.14. The maximum atomic E-state index is 10.7. The second-order valence-electron chi connectivity index (χ2n) is 2.63. The molecule has 2 heteroatoms. The molecule has 0 aromatic rings. The van der Waals surface area contributed by atoms with E-state index in [1.807, 2.05) is 0 Å². The Morgan fingerprint density at radius 3 is 2.45 bits per heavy atom. The van der Waals surface area contributed by atoms with Gasteiger partial charge < -0.3 is 5.32 Å². The van der Waals surface area contributed by atoms with Crippen LogP contribution in [0.2, 0.25) is 0 Å². The van der Waals surface area contributed by atoms with Crippen LogP contribution >= 0.6 is 0 Å². The minimum absolute atomic E-state index is 0.0723. The Balaban J connectivity index is 3.49. The molecule has 1 N–H and O–H groups in total. The van der Waals surface area contributed by atoms with Gasteiger partial charge in [0.15, 0.2) is 0 Å². The van der Waals surface area contributed by atoms with E-state index in [0.717, 1.165) is 19.4 Å². The fraction of sp³-hybridized carbons (Fsp3) is 0.667. The number of amides is 1. The molecule has 0 saturated heterocycles. The molecule has 0 bridgehead atoms. The summed E-state index contributed by atoms with van der Waals surface area (Å²) in [5.41, 5.74) is 0. The summed E-state index contributed by atoms with van der Waals surface area (Å²) < 4.78 is 0. The van der Waals surface area contributed by atoms with Crippen molar-refractivity contribution in [3.05, 3.63) is 12.7 Å². The number of carbonyl (C=O) groups excluding carboxylic acids is 1. The van der Waals surface area contributed by atoms with Gasteiger partial charge >= 0.3 is 0 Å². The molecule has 0 spiro atoms. The average molecular weight is 155 g/mol. The Labute approximate surface area is 68.7 Å². The van der Waals surface area contributed by atoms with E-state index in [0.29, 0.717) is 5.92 Å². The Kier molecular flexibility index (Phi) is 5.53. The molecule has 2 nitrogen and oxygen atoms in total. The molecule has 0 aliphatic rings. The number of hydrogen-bond donors (Lipinski definition) is 1. The molecular weight excluding hydrogens is 138 g/mol. The highest BCUT2D eigenvalue weighted by Gasteiger charge is 2.03. The van der Waals surface area contributed by atoms with Crippen molar-refractivity contribution >= 4 is 5.91 Å². The van der Waals surface area contributed by atoms with Crippen LogP contribution in [0.5, 0.6) is 0 Å². The molecule has 0 aromatic heterocycles. The zero-order valence-electron chi connectivity index (χ0n) is 7.39. The molecule has 0 atom stereocenters. The lowest BCUT2D eigenvalue weighted by atomic mass is 10.0. The Morgan fingerprint density at radius 2 is 2.09 bits per heavy atom. The summed E-state index contributed by atoms with van der Waals surface area (Å²) in [4.78, 5) is 10.7. The van der Waals surface area contributed by atoms with Gasteiger partial charge in [-0.1, -0.05) is 33.3 Å². The van der Waals surface area contributed by atoms with Crippen molar-refractivity contribution < 1.29 is 4.79 Å². The molecule has 0 rings (SSSR count). The standard InChI is InChI=1S/C9H17NO/c1-4-8(5-2)7-10-9(11)6-3/h6,8H,3-5,7H2,1-2H3,(H,10,11). The fourth-order valence-electron chi connectivity index (χ4n) is 0.894. The second kappa shape index (κ2) is 5.96. The summed E-state index contributed by atoms with van der Waals surface area (Å²) in [5.74, 6) is 0.538. The molecule has 0 heterocycles. The molecule has 0 aliphatic carbocycles. The van der Waals surface area contributed by atoms with Crippen LogP contribution in [0.1, 0.15) is 26.7 Å². The third-order valence-corrected chi connectivity index (χ3v) is 1.91. The van der Waals surface area contributed by atoms with Gasteiger partial charge in [0.1, 0.15) is 0 Å². The molecule has 0 unspecified atom stereocenters. The predicted molar refractivity (Wildman–Crippen MR) is 47.3 cm³/mol. The van der Waals surface area contributed by atoms with E-state index in [9.17, 15) is 4.79 Å². The van der Waals surface area contributed by atoms with Crippen LogP contribution in [-0.4, -0.2) is 12.5 Å². The lowest BCUT2D eigenvalue weighted by Gasteiger charge is -2.11. The van der Waals surface area contributed by atoms with Gasteiger partial charge in [-0.05, 0) is 12.0 Å². The van der Waals surface area contributed by atoms with Crippen molar-refractivity contribution in [1.29, 1.82) is 0 Å². The van der Waals surface area contributed by atoms with Crippen molar-refractivity contribution in [2.75, 3.05) is 6.54 Å². The molecule has 0 aliphatic heterocycles. The minimum atomic E-state index is -0.0723. The number of rotatable bonds is 5. The molecule has 0 radical (unpaired) electrons. The highest BCUT2D eigenvalue weighted by atomic mass is 16.1. The van der Waals surface area contributed by atoms with Crippen LogP contribution in [-0.2, 0) is 4.79 Å². The quantitative estimate of drug-likeness (QED) is 0.602. The minimum Gasteiger partial charge on any atom is -0.352 e. The van der Waals surface area contributed by atoms with Gasteiger partial charge in [0.2, 0.25) is 5.91 Å². The van der Waals surface area contributed by atoms with E-state index < -0.39 is 0 Å². The topological polar surface area (TPSA) is 29.1 Å². The molecular formula is C9H17NO. The third-order valence-electron chi connectivity index (χ3n) is 1.91. The monoisotopic (exact) mass is 155 g/mol. The maximum absolute atomic E-state index is 10.7. The zero-order valence-corrected chi connectivity index (χ0v) is 7.39. The van der Waals surface area contributed by atoms with Crippen LogP contribution in [0.3, 0.4) is 0 Å². The Hall–Kier alpha value is -0.790. The normalized spacial score (nSPS) is 9.73. The van der Waals surface area contributed by atoms with Gasteiger partial charge in [-0.2, -0.15) is 0 Å². The van der Waals surface area contributed by atoms with Crippen LogP contribution in [0, 0.1) is 5.92 Å². The van der Waals surface area contributed by atoms with Crippen LogP contribution < -0.4 is 5.32 Å². The first-order valence-electron chi connectivity index (χ1n) is 4.14. The summed E-state index contributed by atoms with van der Waals surface area (Å²) in [6, 6.07) is 0. The second-order valence-corrected chi connectivity index (χ2v) is 2.63. The van der Waals surface area contributed by atoms with Crippen LogP contribution in [0.15, 0.2) is 12.7 Å². The number of nitrogens with one attached hydrogen (secondary N) is 1. The first-order chi connectivity index (χ1) is 5.24. The van der Waals surface area contributed by atoms with Gasteiger partial charge in [-0.15, -0.1) is 0 Å². The van der Waals surface area contributed by atoms with E-state index >= 15 is 0 Å². The van der Waals surface area contributed by atoms with Gasteiger partial charge in [0.25, 0.3) is 0 Å². The molecule has 64 valence electrons. The Bertz CT molecular complexity index is 128. The van der Waals surface area contributed by atoms with Crippen molar-refractivity contribution in [2.24, 2.45) is 5.92 Å². The predicted octanol–water partition coefficient (Wildman–Crippen LogP) is 1.72. The summed E-state index contributed by atoms with van der Waals surface area (Å²) in [6.07, 6.45) is 3.55. The molecule has 0 aromatic carbocycles. The van der Waals surface area contributed by atoms with Crippen molar-refractivity contribution in [3.8, 4) is 0 Å². The molecule has 0 saturated carbocycles. The van der Waals surface area contributed by atoms with E-state index in [4.69, 9.17) is 0 Å². The molecule has 11 heavy (non-hydrogen) atoms. The van der Waals surface area contributed by atoms with E-state index in [1.54, 1.807) is 0 Å². The van der Waals surface area contributed by atoms with Gasteiger partial charge in [-0.25, -0.2) is 0 Å². The van der Waals surface area contributed by atoms with E-state index in [-0.39, 0.29) is 5.91 Å². The highest BCUT2D eigenvalue weighted by molar-refractivity contribution is 5.86. The zero-order chi connectivity index (χ0) is 8.69. The summed E-state index contributed by atoms with van der Waals surface area (Å²) >= 11 is 0. The summed E-state index contributed by atoms with van der Waals surface area (Å²) in [7, 11) is 0. The van der Waals surface area contributed by atoms with Gasteiger partial charge in [0.05, 0.1) is 0 Å². The van der Waals surface area contributed by atoms with Crippen molar-refractivity contribution in [2.45, 2.75) is 26.7 Å². The smallest absolute Gasteiger partial charge is 0.243 e. The average Bonchev–Trinajstić information content (AvgIpc) is 2.06. The van der Waals surface area contributed by atoms with Gasteiger partial charge in [-0.3, -0.25) is 4.79 Å². The van der Waals surface area contributed by atoms with Crippen LogP contribution in [0.25, 0.3) is 0 Å². The number of carbonyl (C=O) groups is 1. The lowest BCUT2D eigenvalue weighted by molar-refractivity contribution is -0.116. The summed E-state index contributed by atoms with van der Waals surface area (Å²) in [6.45, 7) is 8.42. The first kappa shape index (κ1) is 10.2. The highest BCUT2D eigenvalue weighted by Crippen LogP contribution is 2.04.